The second-order valence-electron chi connectivity index (χ2n) is 5.05. The molecule has 0 aliphatic heterocycles. The zero-order chi connectivity index (χ0) is 17.3. The Balaban J connectivity index is 0.00000225. The molecule has 0 aliphatic rings. The first-order chi connectivity index (χ1) is 11.4. The predicted molar refractivity (Wildman–Crippen MR) is 95.9 cm³/mol. The summed E-state index contributed by atoms with van der Waals surface area (Å²) in [4.78, 5) is 38.1. The molecule has 1 heterocycles. The summed E-state index contributed by atoms with van der Waals surface area (Å²) < 4.78 is 12.9. The Morgan fingerprint density at radius 1 is 1.08 bits per heavy atom. The lowest BCUT2D eigenvalue weighted by molar-refractivity contribution is -0.384. The van der Waals surface area contributed by atoms with Crippen molar-refractivity contribution in [1.82, 2.24) is 9.97 Å². The van der Waals surface area contributed by atoms with Crippen LogP contribution < -0.4 is 16.4 Å². The van der Waals surface area contributed by atoms with E-state index in [-0.39, 0.29) is 40.5 Å². The van der Waals surface area contributed by atoms with Crippen LogP contribution in [0.4, 0.5) is 15.8 Å². The molecular weight excluding hydrogens is 399 g/mol. The lowest BCUT2D eigenvalue weighted by atomic mass is 10.1. The van der Waals surface area contributed by atoms with Crippen LogP contribution in [0.1, 0.15) is 5.56 Å². The molecule has 0 aliphatic carbocycles. The third-order valence-corrected chi connectivity index (χ3v) is 3.44. The molecule has 130 valence electrons. The summed E-state index contributed by atoms with van der Waals surface area (Å²) in [7, 11) is 0. The normalized spacial score (nSPS) is 10.3. The molecule has 10 heteroatoms. The Morgan fingerprint density at radius 3 is 2.36 bits per heavy atom. The summed E-state index contributed by atoms with van der Waals surface area (Å²) in [5.41, 5.74) is -0.495. The van der Waals surface area contributed by atoms with Crippen molar-refractivity contribution in [3.05, 3.63) is 78.6 Å². The minimum atomic E-state index is -0.888. The average molecular weight is 411 g/mol. The van der Waals surface area contributed by atoms with Gasteiger partial charge in [-0.3, -0.25) is 19.7 Å². The van der Waals surface area contributed by atoms with Gasteiger partial charge in [0.2, 0.25) is 0 Å². The van der Waals surface area contributed by atoms with Crippen molar-refractivity contribution in [2.24, 2.45) is 0 Å². The molecule has 8 nitrogen and oxygen atoms in total. The van der Waals surface area contributed by atoms with Crippen LogP contribution in [0.3, 0.4) is 0 Å². The summed E-state index contributed by atoms with van der Waals surface area (Å²) in [6.45, 7) is 0.131. The number of nitrogens with zero attached hydrogens (tertiary/aromatic N) is 1. The van der Waals surface area contributed by atoms with Crippen molar-refractivity contribution in [3.63, 3.8) is 0 Å². The van der Waals surface area contributed by atoms with Crippen molar-refractivity contribution < 1.29 is 9.31 Å². The number of nitro benzene ring substituents is 1. The Bertz CT molecular complexity index is 1050. The van der Waals surface area contributed by atoms with E-state index in [4.69, 9.17) is 0 Å². The minimum Gasteiger partial charge on any atom is -0.381 e. The molecule has 0 amide bonds. The first-order valence-corrected chi connectivity index (χ1v) is 6.87. The number of aromatic amines is 2. The van der Waals surface area contributed by atoms with E-state index in [2.05, 4.69) is 15.3 Å². The molecule has 3 aromatic rings. The maximum absolute atomic E-state index is 12.9. The van der Waals surface area contributed by atoms with Gasteiger partial charge in [-0.2, -0.15) is 0 Å². The number of anilines is 1. The second kappa shape index (κ2) is 7.26. The van der Waals surface area contributed by atoms with Gasteiger partial charge < -0.3 is 15.3 Å². The fourth-order valence-corrected chi connectivity index (χ4v) is 2.29. The summed E-state index contributed by atoms with van der Waals surface area (Å²) in [5.74, 6) is -0.386. The third-order valence-electron chi connectivity index (χ3n) is 3.44. The van der Waals surface area contributed by atoms with E-state index in [9.17, 15) is 24.1 Å². The average Bonchev–Trinajstić information content (AvgIpc) is 2.55. The van der Waals surface area contributed by atoms with Gasteiger partial charge in [0.15, 0.2) is 0 Å². The summed E-state index contributed by atoms with van der Waals surface area (Å²) >= 11 is 0. The first kappa shape index (κ1) is 18.3. The SMILES string of the molecule is Br.O=c1[nH]c2cc([N+](=O)[O-])cc(CNc3ccc(F)cc3)c2[nH]c1=O. The Kier molecular flexibility index (Phi) is 5.32. The summed E-state index contributed by atoms with van der Waals surface area (Å²) in [5, 5.41) is 14.0. The number of hydrogen-bond acceptors (Lipinski definition) is 5. The van der Waals surface area contributed by atoms with E-state index in [1.807, 2.05) is 0 Å². The fraction of sp³-hybridized carbons (Fsp3) is 0.0667. The summed E-state index contributed by atoms with van der Waals surface area (Å²) in [6.07, 6.45) is 0. The van der Waals surface area contributed by atoms with Gasteiger partial charge >= 0.3 is 11.1 Å². The van der Waals surface area contributed by atoms with E-state index >= 15 is 0 Å². The molecule has 0 fully saturated rings. The van der Waals surface area contributed by atoms with Crippen LogP contribution >= 0.6 is 17.0 Å². The second-order valence-corrected chi connectivity index (χ2v) is 5.05. The predicted octanol–water partition coefficient (Wildman–Crippen LogP) is 2.45. The molecule has 0 saturated carbocycles. The molecule has 0 saturated heterocycles. The van der Waals surface area contributed by atoms with Gasteiger partial charge in [0.25, 0.3) is 5.69 Å². The van der Waals surface area contributed by atoms with Crippen LogP contribution in [0.15, 0.2) is 46.0 Å². The maximum Gasteiger partial charge on any atom is 0.314 e. The number of benzene rings is 2. The molecule has 2 aromatic carbocycles. The largest absolute Gasteiger partial charge is 0.381 e. The van der Waals surface area contributed by atoms with Crippen LogP contribution in [-0.2, 0) is 6.54 Å². The van der Waals surface area contributed by atoms with Crippen molar-refractivity contribution >= 4 is 39.4 Å². The smallest absolute Gasteiger partial charge is 0.314 e. The number of nitrogens with one attached hydrogen (secondary N) is 3. The molecule has 0 unspecified atom stereocenters. The number of fused-ring (bicyclic) bond motifs is 1. The highest BCUT2D eigenvalue weighted by atomic mass is 79.9. The number of non-ortho nitro benzene ring substituents is 1. The number of aromatic nitrogens is 2. The van der Waals surface area contributed by atoms with Gasteiger partial charge in [-0.05, 0) is 24.3 Å². The van der Waals surface area contributed by atoms with E-state index in [1.165, 1.54) is 36.4 Å². The van der Waals surface area contributed by atoms with Crippen molar-refractivity contribution in [2.45, 2.75) is 6.54 Å². The highest BCUT2D eigenvalue weighted by Gasteiger charge is 2.13. The molecule has 0 bridgehead atoms. The number of rotatable bonds is 4. The number of halogens is 2. The Labute approximate surface area is 149 Å². The van der Waals surface area contributed by atoms with Gasteiger partial charge in [0.1, 0.15) is 5.82 Å². The molecule has 0 radical (unpaired) electrons. The van der Waals surface area contributed by atoms with E-state index in [1.54, 1.807) is 0 Å². The van der Waals surface area contributed by atoms with Crippen LogP contribution in [0.5, 0.6) is 0 Å². The number of hydrogen-bond donors (Lipinski definition) is 3. The van der Waals surface area contributed by atoms with Crippen LogP contribution in [-0.4, -0.2) is 14.9 Å². The van der Waals surface area contributed by atoms with E-state index in [0.717, 1.165) is 0 Å². The molecule has 0 atom stereocenters. The maximum atomic E-state index is 12.9. The topological polar surface area (TPSA) is 121 Å². The number of nitro groups is 1. The molecule has 25 heavy (non-hydrogen) atoms. The zero-order valence-corrected chi connectivity index (χ0v) is 14.3. The lowest BCUT2D eigenvalue weighted by Crippen LogP contribution is -2.29. The van der Waals surface area contributed by atoms with Gasteiger partial charge in [-0.1, -0.05) is 0 Å². The summed E-state index contributed by atoms with van der Waals surface area (Å²) in [6, 6.07) is 8.04. The van der Waals surface area contributed by atoms with Crippen molar-refractivity contribution in [1.29, 1.82) is 0 Å². The standard InChI is InChI=1S/C15H11FN4O4.BrH/c16-9-1-3-10(4-2-9)17-7-8-5-11(20(23)24)6-12-13(8)19-15(22)14(21)18-12;/h1-6,17H,7H2,(H,18,21)(H,19,22);1H. The van der Waals surface area contributed by atoms with E-state index < -0.39 is 16.0 Å². The molecule has 3 rings (SSSR count). The molecular formula is C15H12BrFN4O4. The van der Waals surface area contributed by atoms with Gasteiger partial charge in [-0.25, -0.2) is 4.39 Å². The van der Waals surface area contributed by atoms with Gasteiger partial charge in [-0.15, -0.1) is 17.0 Å². The molecule has 3 N–H and O–H groups in total. The van der Waals surface area contributed by atoms with Crippen molar-refractivity contribution in [3.8, 4) is 0 Å². The van der Waals surface area contributed by atoms with Gasteiger partial charge in [0, 0.05) is 29.9 Å². The molecule has 0 spiro atoms. The first-order valence-electron chi connectivity index (χ1n) is 6.87. The Hall–Kier alpha value is -3.01. The quantitative estimate of drug-likeness (QED) is 0.346. The zero-order valence-electron chi connectivity index (χ0n) is 12.5. The third kappa shape index (κ3) is 3.91. The highest BCUT2D eigenvalue weighted by Crippen LogP contribution is 2.22. The Morgan fingerprint density at radius 2 is 1.72 bits per heavy atom. The van der Waals surface area contributed by atoms with Crippen molar-refractivity contribution in [2.75, 3.05) is 5.32 Å². The van der Waals surface area contributed by atoms with E-state index in [0.29, 0.717) is 16.8 Å². The minimum absolute atomic E-state index is 0. The lowest BCUT2D eigenvalue weighted by Gasteiger charge is -2.09. The van der Waals surface area contributed by atoms with Gasteiger partial charge in [0.05, 0.1) is 16.0 Å². The van der Waals surface area contributed by atoms with Crippen LogP contribution in [0.25, 0.3) is 11.0 Å². The van der Waals surface area contributed by atoms with Crippen LogP contribution in [0.2, 0.25) is 0 Å². The number of H-pyrrole nitrogens is 2. The highest BCUT2D eigenvalue weighted by molar-refractivity contribution is 8.93. The van der Waals surface area contributed by atoms with Crippen LogP contribution in [0, 0.1) is 15.9 Å². The fourth-order valence-electron chi connectivity index (χ4n) is 2.29. The molecule has 1 aromatic heterocycles. The monoisotopic (exact) mass is 410 g/mol.